The van der Waals surface area contributed by atoms with Gasteiger partial charge >= 0.3 is 0 Å². The molecule has 0 radical (unpaired) electrons. The number of halogens is 1. The molecule has 0 aliphatic carbocycles. The highest BCUT2D eigenvalue weighted by Gasteiger charge is 2.03. The fraction of sp³-hybridized carbons (Fsp3) is 0.143. The third-order valence-electron chi connectivity index (χ3n) is 2.82. The largest absolute Gasteiger partial charge is 0.332 e. The number of nitrogens with zero attached hydrogens (tertiary/aromatic N) is 1. The number of pyridine rings is 1. The van der Waals surface area contributed by atoms with Crippen LogP contribution in [-0.2, 0) is 0 Å². The normalized spacial score (nSPS) is 10.1. The lowest BCUT2D eigenvalue weighted by molar-refractivity contribution is 1.32. The van der Waals surface area contributed by atoms with E-state index >= 15 is 0 Å². The van der Waals surface area contributed by atoms with Gasteiger partial charge in [0.1, 0.15) is 5.82 Å². The second-order valence-electron chi connectivity index (χ2n) is 4.19. The molecule has 1 heterocycles. The first kappa shape index (κ1) is 13.8. The first-order chi connectivity index (χ1) is 9.06. The summed E-state index contributed by atoms with van der Waals surface area (Å²) in [7, 11) is 0. The highest BCUT2D eigenvalue weighted by atomic mass is 35.5. The molecule has 0 amide bonds. The van der Waals surface area contributed by atoms with E-state index < -0.39 is 0 Å². The molecule has 0 aliphatic heterocycles. The van der Waals surface area contributed by atoms with Crippen molar-refractivity contribution in [3.05, 3.63) is 52.7 Å². The molecule has 0 aliphatic rings. The Labute approximate surface area is 123 Å². The first-order valence-electron chi connectivity index (χ1n) is 5.82. The van der Waals surface area contributed by atoms with Crippen LogP contribution in [0.2, 0.25) is 5.02 Å². The number of rotatable bonds is 2. The minimum absolute atomic E-state index is 0.503. The van der Waals surface area contributed by atoms with E-state index in [0.29, 0.717) is 16.0 Å². The van der Waals surface area contributed by atoms with Gasteiger partial charge in [0.15, 0.2) is 5.11 Å². The number of aryl methyl sites for hydroxylation is 1. The molecular formula is C14H14ClN3S. The van der Waals surface area contributed by atoms with Crippen molar-refractivity contribution in [3.63, 3.8) is 0 Å². The van der Waals surface area contributed by atoms with Gasteiger partial charge in [0.05, 0.1) is 5.02 Å². The summed E-state index contributed by atoms with van der Waals surface area (Å²) in [4.78, 5) is 4.13. The van der Waals surface area contributed by atoms with Crippen molar-refractivity contribution in [3.8, 4) is 0 Å². The van der Waals surface area contributed by atoms with Gasteiger partial charge in [0.25, 0.3) is 0 Å². The van der Waals surface area contributed by atoms with Gasteiger partial charge in [-0.25, -0.2) is 4.98 Å². The van der Waals surface area contributed by atoms with Crippen LogP contribution in [0.1, 0.15) is 11.1 Å². The molecule has 0 spiro atoms. The molecule has 0 bridgehead atoms. The average Bonchev–Trinajstić information content (AvgIpc) is 2.38. The number of thiocarbonyl (C=S) groups is 1. The Morgan fingerprint density at radius 1 is 1.16 bits per heavy atom. The SMILES string of the molecule is Cc1cccc(NC(=S)Nc2ccc(Cl)cn2)c1C. The highest BCUT2D eigenvalue weighted by Crippen LogP contribution is 2.18. The summed E-state index contributed by atoms with van der Waals surface area (Å²) in [6, 6.07) is 9.59. The third-order valence-corrected chi connectivity index (χ3v) is 3.25. The Balaban J connectivity index is 2.05. The lowest BCUT2D eigenvalue weighted by Gasteiger charge is -2.13. The number of hydrogen-bond acceptors (Lipinski definition) is 2. The zero-order valence-electron chi connectivity index (χ0n) is 10.7. The Bertz CT molecular complexity index is 596. The maximum atomic E-state index is 5.78. The zero-order chi connectivity index (χ0) is 13.8. The summed E-state index contributed by atoms with van der Waals surface area (Å²) in [5.41, 5.74) is 3.39. The second kappa shape index (κ2) is 5.99. The minimum Gasteiger partial charge on any atom is -0.332 e. The van der Waals surface area contributed by atoms with Crippen molar-refractivity contribution < 1.29 is 0 Å². The van der Waals surface area contributed by atoms with Crippen molar-refractivity contribution in [2.45, 2.75) is 13.8 Å². The van der Waals surface area contributed by atoms with Gasteiger partial charge in [-0.3, -0.25) is 0 Å². The molecule has 2 rings (SSSR count). The van der Waals surface area contributed by atoms with Crippen LogP contribution in [0, 0.1) is 13.8 Å². The van der Waals surface area contributed by atoms with Gasteiger partial charge in [0, 0.05) is 11.9 Å². The Kier molecular flexibility index (Phi) is 4.35. The van der Waals surface area contributed by atoms with E-state index in [0.717, 1.165) is 5.69 Å². The molecule has 2 N–H and O–H groups in total. The summed E-state index contributed by atoms with van der Waals surface area (Å²) in [5.74, 6) is 0.659. The summed E-state index contributed by atoms with van der Waals surface area (Å²) in [5, 5.41) is 7.28. The average molecular weight is 292 g/mol. The van der Waals surface area contributed by atoms with Gasteiger partial charge in [-0.15, -0.1) is 0 Å². The Morgan fingerprint density at radius 3 is 2.63 bits per heavy atom. The van der Waals surface area contributed by atoms with Crippen LogP contribution in [0.5, 0.6) is 0 Å². The van der Waals surface area contributed by atoms with Crippen molar-refractivity contribution in [2.24, 2.45) is 0 Å². The van der Waals surface area contributed by atoms with E-state index in [4.69, 9.17) is 23.8 Å². The molecule has 3 nitrogen and oxygen atoms in total. The van der Waals surface area contributed by atoms with Crippen molar-refractivity contribution in [1.82, 2.24) is 4.98 Å². The van der Waals surface area contributed by atoms with E-state index in [2.05, 4.69) is 35.5 Å². The topological polar surface area (TPSA) is 37.0 Å². The molecule has 98 valence electrons. The van der Waals surface area contributed by atoms with Gasteiger partial charge in [-0.1, -0.05) is 23.7 Å². The Morgan fingerprint density at radius 2 is 1.95 bits per heavy atom. The third kappa shape index (κ3) is 3.66. The fourth-order valence-corrected chi connectivity index (χ4v) is 1.93. The minimum atomic E-state index is 0.503. The zero-order valence-corrected chi connectivity index (χ0v) is 12.3. The van der Waals surface area contributed by atoms with E-state index in [1.165, 1.54) is 11.1 Å². The van der Waals surface area contributed by atoms with Crippen molar-refractivity contribution >= 4 is 40.4 Å². The van der Waals surface area contributed by atoms with Gasteiger partial charge in [0.2, 0.25) is 0 Å². The highest BCUT2D eigenvalue weighted by molar-refractivity contribution is 7.80. The molecule has 0 saturated heterocycles. The summed E-state index contributed by atoms with van der Waals surface area (Å²) < 4.78 is 0. The Hall–Kier alpha value is -1.65. The molecular weight excluding hydrogens is 278 g/mol. The van der Waals surface area contributed by atoms with E-state index in [1.807, 2.05) is 12.1 Å². The molecule has 0 atom stereocenters. The standard InChI is InChI=1S/C14H14ClN3S/c1-9-4-3-5-12(10(9)2)17-14(19)18-13-7-6-11(15)8-16-13/h3-8H,1-2H3,(H2,16,17,18,19). The molecule has 2 aromatic rings. The molecule has 1 aromatic carbocycles. The van der Waals surface area contributed by atoms with Crippen molar-refractivity contribution in [2.75, 3.05) is 10.6 Å². The molecule has 1 aromatic heterocycles. The maximum Gasteiger partial charge on any atom is 0.176 e. The van der Waals surface area contributed by atoms with E-state index in [-0.39, 0.29) is 0 Å². The molecule has 5 heteroatoms. The van der Waals surface area contributed by atoms with Crippen LogP contribution in [0.25, 0.3) is 0 Å². The smallest absolute Gasteiger partial charge is 0.176 e. The second-order valence-corrected chi connectivity index (χ2v) is 5.03. The van der Waals surface area contributed by atoms with Gasteiger partial charge in [-0.05, 0) is 55.4 Å². The quantitative estimate of drug-likeness (QED) is 0.815. The number of hydrogen-bond donors (Lipinski definition) is 2. The van der Waals surface area contributed by atoms with Crippen LogP contribution in [0.4, 0.5) is 11.5 Å². The van der Waals surface area contributed by atoms with Crippen LogP contribution in [-0.4, -0.2) is 10.1 Å². The van der Waals surface area contributed by atoms with Crippen LogP contribution in [0.15, 0.2) is 36.5 Å². The summed E-state index contributed by atoms with van der Waals surface area (Å²) in [6.07, 6.45) is 1.57. The van der Waals surface area contributed by atoms with Gasteiger partial charge in [-0.2, -0.15) is 0 Å². The molecule has 0 unspecified atom stereocenters. The predicted octanol–water partition coefficient (Wildman–Crippen LogP) is 4.16. The van der Waals surface area contributed by atoms with Crippen LogP contribution >= 0.6 is 23.8 Å². The van der Waals surface area contributed by atoms with Gasteiger partial charge < -0.3 is 10.6 Å². The molecule has 0 saturated carbocycles. The van der Waals surface area contributed by atoms with Crippen LogP contribution in [0.3, 0.4) is 0 Å². The summed E-state index contributed by atoms with van der Waals surface area (Å²) in [6.45, 7) is 4.12. The number of aromatic nitrogens is 1. The van der Waals surface area contributed by atoms with E-state index in [9.17, 15) is 0 Å². The van der Waals surface area contributed by atoms with Crippen molar-refractivity contribution in [1.29, 1.82) is 0 Å². The lowest BCUT2D eigenvalue weighted by Crippen LogP contribution is -2.20. The monoisotopic (exact) mass is 291 g/mol. The summed E-state index contributed by atoms with van der Waals surface area (Å²) >= 11 is 11.0. The fourth-order valence-electron chi connectivity index (χ4n) is 1.61. The molecule has 0 fully saturated rings. The predicted molar refractivity (Wildman–Crippen MR) is 85.0 cm³/mol. The number of nitrogens with one attached hydrogen (secondary N) is 2. The number of anilines is 2. The molecule has 19 heavy (non-hydrogen) atoms. The first-order valence-corrected chi connectivity index (χ1v) is 6.60. The van der Waals surface area contributed by atoms with E-state index in [1.54, 1.807) is 18.3 Å². The lowest BCUT2D eigenvalue weighted by atomic mass is 10.1. The van der Waals surface area contributed by atoms with Crippen LogP contribution < -0.4 is 10.6 Å². The maximum absolute atomic E-state index is 5.78. The number of benzene rings is 1.